The highest BCUT2D eigenvalue weighted by molar-refractivity contribution is 5.94. The second kappa shape index (κ2) is 9.72. The Morgan fingerprint density at radius 1 is 0.941 bits per heavy atom. The van der Waals surface area contributed by atoms with E-state index in [2.05, 4.69) is 93.9 Å². The van der Waals surface area contributed by atoms with E-state index in [1.165, 1.54) is 22.3 Å². The normalized spacial score (nSPS) is 12.1. The summed E-state index contributed by atoms with van der Waals surface area (Å²) in [4.78, 5) is 33.7. The summed E-state index contributed by atoms with van der Waals surface area (Å²) in [6.45, 7) is 20.2. The fourth-order valence-electron chi connectivity index (χ4n) is 3.99. The van der Waals surface area contributed by atoms with Crippen LogP contribution in [0.4, 0.5) is 0 Å². The second-order valence-corrected chi connectivity index (χ2v) is 9.88. The first-order chi connectivity index (χ1) is 15.9. The first kappa shape index (κ1) is 25.0. The number of H-pyrrole nitrogens is 3. The molecule has 0 radical (unpaired) electrons. The first-order valence-corrected chi connectivity index (χ1v) is 11.5. The van der Waals surface area contributed by atoms with Crippen LogP contribution in [0.2, 0.25) is 0 Å². The molecule has 34 heavy (non-hydrogen) atoms. The van der Waals surface area contributed by atoms with E-state index in [-0.39, 0.29) is 16.3 Å². The lowest BCUT2D eigenvalue weighted by Gasteiger charge is -2.20. The molecule has 0 atom stereocenters. The molecular weight excluding hydrogens is 422 g/mol. The molecule has 0 aliphatic rings. The Kier molecular flexibility index (Phi) is 7.15. The monoisotopic (exact) mass is 457 g/mol. The van der Waals surface area contributed by atoms with Crippen molar-refractivity contribution in [2.24, 2.45) is 0 Å². The third-order valence-corrected chi connectivity index (χ3v) is 6.13. The van der Waals surface area contributed by atoms with Gasteiger partial charge in [-0.05, 0) is 63.8 Å². The molecule has 0 fully saturated rings. The third-order valence-electron chi connectivity index (χ3n) is 6.13. The zero-order chi connectivity index (χ0) is 25.2. The lowest BCUT2D eigenvalue weighted by molar-refractivity contribution is 0.651. The number of aromatic amines is 3. The van der Waals surface area contributed by atoms with Gasteiger partial charge < -0.3 is 15.0 Å². The van der Waals surface area contributed by atoms with Crippen LogP contribution in [0.5, 0.6) is 0 Å². The van der Waals surface area contributed by atoms with Crippen LogP contribution in [-0.2, 0) is 18.3 Å². The van der Waals surface area contributed by atoms with Crippen molar-refractivity contribution >= 4 is 23.6 Å². The minimum Gasteiger partial charge on any atom is -0.357 e. The third kappa shape index (κ3) is 5.14. The van der Waals surface area contributed by atoms with Gasteiger partial charge in [0.1, 0.15) is 5.35 Å². The van der Waals surface area contributed by atoms with Gasteiger partial charge >= 0.3 is 0 Å². The molecule has 0 bridgehead atoms. The van der Waals surface area contributed by atoms with E-state index in [0.717, 1.165) is 35.0 Å². The lowest BCUT2D eigenvalue weighted by Crippen LogP contribution is -2.46. The molecule has 0 aliphatic carbocycles. The smallest absolute Gasteiger partial charge is 0.272 e. The SMILES string of the molecule is C=CC(C)(C)c1[nH]c2ccc(CC=C(C)C)c(CC=C(C)C)c2c1/C=c1\[nH]c(=O)c(=C)[nH]c1=O. The Bertz CT molecular complexity index is 1530. The van der Waals surface area contributed by atoms with Crippen LogP contribution >= 0.6 is 0 Å². The van der Waals surface area contributed by atoms with E-state index in [9.17, 15) is 9.59 Å². The van der Waals surface area contributed by atoms with Crippen molar-refractivity contribution in [2.45, 2.75) is 59.8 Å². The van der Waals surface area contributed by atoms with Crippen LogP contribution in [0.1, 0.15) is 63.9 Å². The Hall–Kier alpha value is -3.60. The van der Waals surface area contributed by atoms with E-state index in [1.54, 1.807) is 6.08 Å². The standard InChI is InChI=1S/C29H35N3O2/c1-9-29(7,8)26-22(16-24-28(34)30-19(6)27(33)32-24)25-21(14-11-18(4)5)20(12-10-17(2)3)13-15-23(25)31-26/h9-11,13,15-16,31H,1,6,12,14H2,2-5,7-8H3,(H,30,34)(H,32,33)/b24-16-. The number of hydrogen-bond acceptors (Lipinski definition) is 2. The van der Waals surface area contributed by atoms with Crippen LogP contribution in [0, 0.1) is 0 Å². The molecule has 5 heteroatoms. The van der Waals surface area contributed by atoms with Crippen LogP contribution < -0.4 is 21.8 Å². The van der Waals surface area contributed by atoms with Gasteiger partial charge in [-0.1, -0.05) is 55.9 Å². The quantitative estimate of drug-likeness (QED) is 0.463. The number of fused-ring (bicyclic) bond motifs is 1. The highest BCUT2D eigenvalue weighted by atomic mass is 16.1. The highest BCUT2D eigenvalue weighted by Gasteiger charge is 2.25. The molecule has 2 aromatic heterocycles. The summed E-state index contributed by atoms with van der Waals surface area (Å²) in [6.07, 6.45) is 9.71. The molecule has 0 unspecified atom stereocenters. The zero-order valence-electron chi connectivity index (χ0n) is 21.1. The maximum Gasteiger partial charge on any atom is 0.272 e. The molecular formula is C29H35N3O2. The van der Waals surface area contributed by atoms with E-state index in [4.69, 9.17) is 0 Å². The molecule has 178 valence electrons. The first-order valence-electron chi connectivity index (χ1n) is 11.5. The van der Waals surface area contributed by atoms with Crippen molar-refractivity contribution in [1.29, 1.82) is 0 Å². The van der Waals surface area contributed by atoms with Gasteiger partial charge in [0.05, 0.1) is 5.35 Å². The molecule has 0 saturated carbocycles. The zero-order valence-corrected chi connectivity index (χ0v) is 21.1. The van der Waals surface area contributed by atoms with Crippen LogP contribution in [-0.4, -0.2) is 15.0 Å². The molecule has 0 spiro atoms. The van der Waals surface area contributed by atoms with E-state index in [1.807, 2.05) is 6.08 Å². The topological polar surface area (TPSA) is 81.5 Å². The Morgan fingerprint density at radius 3 is 2.21 bits per heavy atom. The van der Waals surface area contributed by atoms with Gasteiger partial charge in [-0.2, -0.15) is 0 Å². The molecule has 3 rings (SSSR count). The number of benzene rings is 1. The Labute approximate surface area is 200 Å². The maximum atomic E-state index is 12.7. The molecule has 5 nitrogen and oxygen atoms in total. The summed E-state index contributed by atoms with van der Waals surface area (Å²) < 4.78 is 0. The molecule has 0 amide bonds. The van der Waals surface area contributed by atoms with Gasteiger partial charge in [-0.25, -0.2) is 0 Å². The van der Waals surface area contributed by atoms with Crippen LogP contribution in [0.25, 0.3) is 23.6 Å². The molecule has 0 saturated heterocycles. The van der Waals surface area contributed by atoms with Crippen molar-refractivity contribution in [3.8, 4) is 0 Å². The minimum absolute atomic E-state index is 0.0426. The fraction of sp³-hybridized carbons (Fsp3) is 0.310. The average molecular weight is 458 g/mol. The predicted octanol–water partition coefficient (Wildman–Crippen LogP) is 4.26. The summed E-state index contributed by atoms with van der Waals surface area (Å²) in [5.74, 6) is 0. The summed E-state index contributed by atoms with van der Waals surface area (Å²) in [5, 5.41) is 1.30. The molecule has 2 heterocycles. The lowest BCUT2D eigenvalue weighted by atomic mass is 9.85. The van der Waals surface area contributed by atoms with Gasteiger partial charge in [0.15, 0.2) is 0 Å². The molecule has 3 N–H and O–H groups in total. The van der Waals surface area contributed by atoms with Crippen molar-refractivity contribution in [1.82, 2.24) is 15.0 Å². The minimum atomic E-state index is -0.413. The second-order valence-electron chi connectivity index (χ2n) is 9.88. The van der Waals surface area contributed by atoms with Crippen molar-refractivity contribution in [3.05, 3.63) is 102 Å². The Balaban J connectivity index is 2.51. The van der Waals surface area contributed by atoms with E-state index >= 15 is 0 Å². The number of aromatic nitrogens is 3. The molecule has 3 aromatic rings. The van der Waals surface area contributed by atoms with Crippen LogP contribution in [0.3, 0.4) is 0 Å². The number of nitrogens with one attached hydrogen (secondary N) is 3. The molecule has 1 aromatic carbocycles. The Morgan fingerprint density at radius 2 is 1.59 bits per heavy atom. The summed E-state index contributed by atoms with van der Waals surface area (Å²) in [7, 11) is 0. The van der Waals surface area contributed by atoms with E-state index < -0.39 is 11.0 Å². The largest absolute Gasteiger partial charge is 0.357 e. The maximum absolute atomic E-state index is 12.7. The van der Waals surface area contributed by atoms with Crippen molar-refractivity contribution in [2.75, 3.05) is 0 Å². The van der Waals surface area contributed by atoms with Gasteiger partial charge in [0, 0.05) is 27.6 Å². The number of rotatable bonds is 7. The predicted molar refractivity (Wildman–Crippen MR) is 144 cm³/mol. The summed E-state index contributed by atoms with van der Waals surface area (Å²) in [5.41, 5.74) is 6.57. The van der Waals surface area contributed by atoms with Gasteiger partial charge in [-0.15, -0.1) is 6.58 Å². The summed E-state index contributed by atoms with van der Waals surface area (Å²) in [6, 6.07) is 4.27. The van der Waals surface area contributed by atoms with Gasteiger partial charge in [-0.3, -0.25) is 9.59 Å². The number of hydrogen-bond donors (Lipinski definition) is 3. The van der Waals surface area contributed by atoms with Crippen molar-refractivity contribution in [3.63, 3.8) is 0 Å². The average Bonchev–Trinajstić information content (AvgIpc) is 3.14. The van der Waals surface area contributed by atoms with Gasteiger partial charge in [0.2, 0.25) is 0 Å². The van der Waals surface area contributed by atoms with E-state index in [0.29, 0.717) is 0 Å². The summed E-state index contributed by atoms with van der Waals surface area (Å²) >= 11 is 0. The fourth-order valence-corrected chi connectivity index (χ4v) is 3.99. The highest BCUT2D eigenvalue weighted by Crippen LogP contribution is 2.36. The van der Waals surface area contributed by atoms with Crippen LogP contribution in [0.15, 0.2) is 57.7 Å². The number of allylic oxidation sites excluding steroid dienone is 5. The molecule has 0 aliphatic heterocycles. The van der Waals surface area contributed by atoms with Crippen molar-refractivity contribution < 1.29 is 0 Å². The van der Waals surface area contributed by atoms with Gasteiger partial charge in [0.25, 0.3) is 11.1 Å².